The summed E-state index contributed by atoms with van der Waals surface area (Å²) in [5, 5.41) is 2.48. The summed E-state index contributed by atoms with van der Waals surface area (Å²) in [6.45, 7) is 8.02. The van der Waals surface area contributed by atoms with Crippen LogP contribution in [0.2, 0.25) is 0 Å². The van der Waals surface area contributed by atoms with E-state index in [-0.39, 0.29) is 61.4 Å². The Kier molecular flexibility index (Phi) is 9.11. The number of hydrogen-bond acceptors (Lipinski definition) is 5. The Labute approximate surface area is 196 Å². The highest BCUT2D eigenvalue weighted by Crippen LogP contribution is 2.20. The fourth-order valence-corrected chi connectivity index (χ4v) is 3.41. The number of amides is 2. The summed E-state index contributed by atoms with van der Waals surface area (Å²) >= 11 is 0. The van der Waals surface area contributed by atoms with Crippen molar-refractivity contribution in [2.24, 2.45) is 11.8 Å². The Morgan fingerprint density at radius 2 is 1.82 bits per heavy atom. The summed E-state index contributed by atoms with van der Waals surface area (Å²) in [5.74, 6) is -2.94. The lowest BCUT2D eigenvalue weighted by Crippen LogP contribution is -2.43. The Hall–Kier alpha value is -3.50. The quantitative estimate of drug-likeness (QED) is 0.450. The van der Waals surface area contributed by atoms with Crippen molar-refractivity contribution in [1.29, 1.82) is 0 Å². The number of carbonyl (C=O) groups excluding carboxylic acids is 2. The van der Waals surface area contributed by atoms with E-state index in [0.29, 0.717) is 6.07 Å². The molecule has 0 spiro atoms. The SMILES string of the molecule is CC(C)CN(C(=O)CCCNC(=O)c1ccc(F)cc1F)c1c(N)n(CC(C)C)c(=O)[nH]c1=O. The largest absolute Gasteiger partial charge is 0.383 e. The fraction of sp³-hybridized carbons (Fsp3) is 0.478. The van der Waals surface area contributed by atoms with Crippen molar-refractivity contribution in [3.05, 3.63) is 56.2 Å². The molecule has 0 unspecified atom stereocenters. The molecule has 1 heterocycles. The molecule has 0 fully saturated rings. The average Bonchev–Trinajstić information content (AvgIpc) is 2.72. The van der Waals surface area contributed by atoms with Crippen LogP contribution < -0.4 is 27.2 Å². The van der Waals surface area contributed by atoms with Crippen LogP contribution in [0.15, 0.2) is 27.8 Å². The molecule has 0 aliphatic carbocycles. The van der Waals surface area contributed by atoms with Crippen molar-refractivity contribution in [3.63, 3.8) is 0 Å². The molecule has 1 aromatic carbocycles. The van der Waals surface area contributed by atoms with Gasteiger partial charge in [0.05, 0.1) is 5.56 Å². The molecule has 0 atom stereocenters. The minimum absolute atomic E-state index is 0.00520. The van der Waals surface area contributed by atoms with Gasteiger partial charge in [0.2, 0.25) is 5.91 Å². The predicted molar refractivity (Wildman–Crippen MR) is 126 cm³/mol. The van der Waals surface area contributed by atoms with Crippen LogP contribution in [0.1, 0.15) is 50.9 Å². The highest BCUT2D eigenvalue weighted by Gasteiger charge is 2.25. The molecule has 2 aromatic rings. The lowest BCUT2D eigenvalue weighted by atomic mass is 10.1. The number of nitrogens with two attached hydrogens (primary N) is 1. The van der Waals surface area contributed by atoms with Crippen molar-refractivity contribution >= 4 is 23.3 Å². The van der Waals surface area contributed by atoms with E-state index in [1.54, 1.807) is 0 Å². The van der Waals surface area contributed by atoms with Gasteiger partial charge < -0.3 is 16.0 Å². The number of carbonyl (C=O) groups is 2. The van der Waals surface area contributed by atoms with Gasteiger partial charge in [0.15, 0.2) is 5.69 Å². The van der Waals surface area contributed by atoms with Gasteiger partial charge in [0, 0.05) is 32.1 Å². The van der Waals surface area contributed by atoms with E-state index in [9.17, 15) is 28.0 Å². The number of nitrogen functional groups attached to an aromatic ring is 1. The minimum atomic E-state index is -0.983. The van der Waals surface area contributed by atoms with Gasteiger partial charge in [-0.1, -0.05) is 27.7 Å². The molecule has 11 heteroatoms. The predicted octanol–water partition coefficient (Wildman–Crippen LogP) is 2.25. The summed E-state index contributed by atoms with van der Waals surface area (Å²) in [4.78, 5) is 53.5. The summed E-state index contributed by atoms with van der Waals surface area (Å²) < 4.78 is 28.0. The molecule has 2 rings (SSSR count). The second-order valence-corrected chi connectivity index (χ2v) is 8.88. The van der Waals surface area contributed by atoms with Gasteiger partial charge in [-0.2, -0.15) is 0 Å². The summed E-state index contributed by atoms with van der Waals surface area (Å²) in [5.41, 5.74) is 4.37. The summed E-state index contributed by atoms with van der Waals surface area (Å²) in [6.07, 6.45) is 0.159. The molecular formula is C23H31F2N5O4. The zero-order chi connectivity index (χ0) is 25.6. The van der Waals surface area contributed by atoms with Crippen LogP contribution >= 0.6 is 0 Å². The molecule has 0 bridgehead atoms. The Morgan fingerprint density at radius 1 is 1.15 bits per heavy atom. The Balaban J connectivity index is 2.15. The van der Waals surface area contributed by atoms with E-state index in [0.717, 1.165) is 12.1 Å². The first kappa shape index (κ1) is 26.7. The average molecular weight is 480 g/mol. The molecule has 4 N–H and O–H groups in total. The smallest absolute Gasteiger partial charge is 0.330 e. The molecular weight excluding hydrogens is 448 g/mol. The lowest BCUT2D eigenvalue weighted by Gasteiger charge is -2.26. The number of hydrogen-bond donors (Lipinski definition) is 3. The van der Waals surface area contributed by atoms with Crippen LogP contribution in [0.4, 0.5) is 20.3 Å². The first-order valence-corrected chi connectivity index (χ1v) is 11.1. The van der Waals surface area contributed by atoms with Crippen LogP contribution in [-0.4, -0.2) is 34.5 Å². The number of H-pyrrole nitrogens is 1. The van der Waals surface area contributed by atoms with Gasteiger partial charge in [0.1, 0.15) is 17.5 Å². The molecule has 0 radical (unpaired) electrons. The zero-order valence-corrected chi connectivity index (χ0v) is 19.8. The molecule has 34 heavy (non-hydrogen) atoms. The van der Waals surface area contributed by atoms with Crippen LogP contribution in [0.25, 0.3) is 0 Å². The Morgan fingerprint density at radius 3 is 2.41 bits per heavy atom. The highest BCUT2D eigenvalue weighted by atomic mass is 19.1. The van der Waals surface area contributed by atoms with Crippen LogP contribution in [0.3, 0.4) is 0 Å². The number of nitrogens with zero attached hydrogens (tertiary/aromatic N) is 2. The molecule has 0 saturated heterocycles. The number of anilines is 2. The van der Waals surface area contributed by atoms with Crippen LogP contribution in [0.5, 0.6) is 0 Å². The third-order valence-electron chi connectivity index (χ3n) is 4.91. The summed E-state index contributed by atoms with van der Waals surface area (Å²) in [6, 6.07) is 2.63. The van der Waals surface area contributed by atoms with Gasteiger partial charge in [-0.15, -0.1) is 0 Å². The maximum absolute atomic E-state index is 13.7. The second-order valence-electron chi connectivity index (χ2n) is 8.88. The van der Waals surface area contributed by atoms with E-state index < -0.39 is 34.7 Å². The van der Waals surface area contributed by atoms with Gasteiger partial charge in [0.25, 0.3) is 11.5 Å². The van der Waals surface area contributed by atoms with Crippen molar-refractivity contribution in [2.75, 3.05) is 23.7 Å². The molecule has 0 aliphatic rings. The normalized spacial score (nSPS) is 11.2. The van der Waals surface area contributed by atoms with Crippen molar-refractivity contribution in [2.45, 2.75) is 47.1 Å². The maximum Gasteiger partial charge on any atom is 0.330 e. The fourth-order valence-electron chi connectivity index (χ4n) is 3.41. The third kappa shape index (κ3) is 6.75. The van der Waals surface area contributed by atoms with E-state index in [4.69, 9.17) is 5.73 Å². The summed E-state index contributed by atoms with van der Waals surface area (Å²) in [7, 11) is 0. The van der Waals surface area contributed by atoms with E-state index in [1.807, 2.05) is 27.7 Å². The first-order valence-electron chi connectivity index (χ1n) is 11.1. The molecule has 0 saturated carbocycles. The molecule has 0 aliphatic heterocycles. The van der Waals surface area contributed by atoms with Crippen LogP contribution in [0, 0.1) is 23.5 Å². The van der Waals surface area contributed by atoms with Crippen molar-refractivity contribution in [1.82, 2.24) is 14.9 Å². The zero-order valence-electron chi connectivity index (χ0n) is 19.8. The molecule has 186 valence electrons. The van der Waals surface area contributed by atoms with Gasteiger partial charge in [-0.3, -0.25) is 23.9 Å². The number of rotatable bonds is 10. The van der Waals surface area contributed by atoms with Crippen molar-refractivity contribution in [3.8, 4) is 0 Å². The van der Waals surface area contributed by atoms with Crippen molar-refractivity contribution < 1.29 is 18.4 Å². The number of nitrogens with one attached hydrogen (secondary N) is 2. The second kappa shape index (κ2) is 11.6. The molecule has 1 aromatic heterocycles. The number of aromatic nitrogens is 2. The van der Waals surface area contributed by atoms with Gasteiger partial charge in [-0.05, 0) is 30.4 Å². The van der Waals surface area contributed by atoms with Crippen LogP contribution in [-0.2, 0) is 11.3 Å². The Bertz CT molecular complexity index is 1160. The van der Waals surface area contributed by atoms with Gasteiger partial charge in [-0.25, -0.2) is 13.6 Å². The standard InChI is InChI=1S/C23H31F2N5O4/c1-13(2)11-29(19-20(26)30(12-14(3)4)23(34)28-22(19)33)18(31)6-5-9-27-21(32)16-8-7-15(24)10-17(16)25/h7-8,10,13-14H,5-6,9,11-12,26H2,1-4H3,(H,27,32)(H,28,33,34). The van der Waals surface area contributed by atoms with Gasteiger partial charge >= 0.3 is 5.69 Å². The lowest BCUT2D eigenvalue weighted by molar-refractivity contribution is -0.118. The first-order chi connectivity index (χ1) is 15.9. The minimum Gasteiger partial charge on any atom is -0.383 e. The third-order valence-corrected chi connectivity index (χ3v) is 4.91. The number of halogens is 2. The maximum atomic E-state index is 13.7. The van der Waals surface area contributed by atoms with E-state index in [2.05, 4.69) is 10.3 Å². The highest BCUT2D eigenvalue weighted by molar-refractivity contribution is 5.96. The van der Waals surface area contributed by atoms with E-state index in [1.165, 1.54) is 9.47 Å². The monoisotopic (exact) mass is 479 g/mol. The number of aromatic amines is 1. The molecule has 2 amide bonds. The molecule has 9 nitrogen and oxygen atoms in total. The van der Waals surface area contributed by atoms with E-state index >= 15 is 0 Å². The topological polar surface area (TPSA) is 130 Å². The number of benzene rings is 1.